The van der Waals surface area contributed by atoms with Gasteiger partial charge >= 0.3 is 6.09 Å². The first-order chi connectivity index (χ1) is 10.8. The molecule has 0 bridgehead atoms. The zero-order valence-electron chi connectivity index (χ0n) is 14.8. The third-order valence-electron chi connectivity index (χ3n) is 3.93. The lowest BCUT2D eigenvalue weighted by Crippen LogP contribution is -2.55. The predicted octanol–water partition coefficient (Wildman–Crippen LogP) is 3.99. The third kappa shape index (κ3) is 4.88. The van der Waals surface area contributed by atoms with Gasteiger partial charge in [0.15, 0.2) is 0 Å². The minimum absolute atomic E-state index is 0.150. The predicted molar refractivity (Wildman–Crippen MR) is 96.7 cm³/mol. The molecule has 1 aliphatic heterocycles. The van der Waals surface area contributed by atoms with Crippen molar-refractivity contribution in [2.45, 2.75) is 44.7 Å². The van der Waals surface area contributed by atoms with E-state index in [-0.39, 0.29) is 12.1 Å². The molecule has 0 aromatic heterocycles. The van der Waals surface area contributed by atoms with Gasteiger partial charge in [0.25, 0.3) is 0 Å². The molecule has 1 saturated heterocycles. The summed E-state index contributed by atoms with van der Waals surface area (Å²) in [5.41, 5.74) is 0.873. The lowest BCUT2D eigenvalue weighted by atomic mass is 10.1. The van der Waals surface area contributed by atoms with E-state index in [2.05, 4.69) is 42.3 Å². The largest absolute Gasteiger partial charge is 0.444 e. The number of thioether (sulfide) groups is 1. The number of nitrogens with zero attached hydrogens (tertiary/aromatic N) is 2. The van der Waals surface area contributed by atoms with E-state index in [9.17, 15) is 4.79 Å². The summed E-state index contributed by atoms with van der Waals surface area (Å²) < 4.78 is 5.52. The average Bonchev–Trinajstić information content (AvgIpc) is 2.47. The van der Waals surface area contributed by atoms with E-state index >= 15 is 0 Å². The Kier molecular flexibility index (Phi) is 5.98. The molecule has 5 heteroatoms. The van der Waals surface area contributed by atoms with Gasteiger partial charge in [-0.3, -0.25) is 4.90 Å². The molecule has 1 fully saturated rings. The lowest BCUT2D eigenvalue weighted by Gasteiger charge is -2.43. The Labute approximate surface area is 144 Å². The van der Waals surface area contributed by atoms with Crippen molar-refractivity contribution in [3.63, 3.8) is 0 Å². The molecule has 0 radical (unpaired) electrons. The molecular formula is C18H28N2O2S. The Morgan fingerprint density at radius 2 is 1.91 bits per heavy atom. The fraction of sp³-hybridized carbons (Fsp3) is 0.611. The van der Waals surface area contributed by atoms with Gasteiger partial charge in [0.2, 0.25) is 0 Å². The van der Waals surface area contributed by atoms with Crippen LogP contribution < -0.4 is 0 Å². The summed E-state index contributed by atoms with van der Waals surface area (Å²) in [6, 6.07) is 10.7. The Bertz CT molecular complexity index is 516. The first-order valence-electron chi connectivity index (χ1n) is 8.13. The number of carbonyl (C=O) groups excluding carboxylic acids is 1. The highest BCUT2D eigenvalue weighted by Gasteiger charge is 2.33. The van der Waals surface area contributed by atoms with Gasteiger partial charge < -0.3 is 9.64 Å². The van der Waals surface area contributed by atoms with Gasteiger partial charge in [-0.25, -0.2) is 4.79 Å². The quantitative estimate of drug-likeness (QED) is 0.835. The van der Waals surface area contributed by atoms with Gasteiger partial charge in [-0.15, -0.1) is 11.8 Å². The van der Waals surface area contributed by atoms with Crippen molar-refractivity contribution in [3.8, 4) is 0 Å². The second-order valence-electron chi connectivity index (χ2n) is 7.02. The average molecular weight is 337 g/mol. The molecule has 1 aromatic rings. The van der Waals surface area contributed by atoms with E-state index in [1.807, 2.05) is 43.5 Å². The standard InChI is InChI=1S/C18H28N2O2S/c1-14-13-19(16(23-5)15-9-7-6-8-10-15)11-12-20(14)17(21)22-18(2,3)4/h6-10,14,16H,11-13H2,1-5H3/t14-,16+/m1/s1. The molecule has 1 aliphatic rings. The van der Waals surface area contributed by atoms with Crippen LogP contribution in [0.25, 0.3) is 0 Å². The molecule has 2 atom stereocenters. The van der Waals surface area contributed by atoms with Crippen LogP contribution in [0.5, 0.6) is 0 Å². The van der Waals surface area contributed by atoms with Crippen LogP contribution in [0.15, 0.2) is 30.3 Å². The van der Waals surface area contributed by atoms with Gasteiger partial charge in [0.1, 0.15) is 5.60 Å². The van der Waals surface area contributed by atoms with Gasteiger partial charge in [-0.2, -0.15) is 0 Å². The van der Waals surface area contributed by atoms with E-state index in [1.165, 1.54) is 5.56 Å². The van der Waals surface area contributed by atoms with Crippen molar-refractivity contribution in [2.24, 2.45) is 0 Å². The summed E-state index contributed by atoms with van der Waals surface area (Å²) in [6.45, 7) is 10.3. The Morgan fingerprint density at radius 1 is 1.26 bits per heavy atom. The van der Waals surface area contributed by atoms with E-state index < -0.39 is 5.60 Å². The molecule has 1 heterocycles. The van der Waals surface area contributed by atoms with Crippen molar-refractivity contribution in [1.82, 2.24) is 9.80 Å². The number of rotatable bonds is 3. The number of ether oxygens (including phenoxy) is 1. The molecular weight excluding hydrogens is 308 g/mol. The summed E-state index contributed by atoms with van der Waals surface area (Å²) in [5.74, 6) is 0. The first kappa shape index (κ1) is 18.1. The Balaban J connectivity index is 2.01. The van der Waals surface area contributed by atoms with Crippen molar-refractivity contribution in [3.05, 3.63) is 35.9 Å². The molecule has 2 rings (SSSR count). The fourth-order valence-electron chi connectivity index (χ4n) is 2.90. The summed E-state index contributed by atoms with van der Waals surface area (Å²) in [7, 11) is 0. The van der Waals surface area contributed by atoms with Crippen LogP contribution >= 0.6 is 11.8 Å². The third-order valence-corrected chi connectivity index (χ3v) is 4.94. The lowest BCUT2D eigenvalue weighted by molar-refractivity contribution is 0.000107. The van der Waals surface area contributed by atoms with Crippen LogP contribution in [0.3, 0.4) is 0 Å². The highest BCUT2D eigenvalue weighted by atomic mass is 32.2. The van der Waals surface area contributed by atoms with E-state index in [4.69, 9.17) is 4.74 Å². The highest BCUT2D eigenvalue weighted by molar-refractivity contribution is 7.98. The summed E-state index contributed by atoms with van der Waals surface area (Å²) in [4.78, 5) is 16.6. The second kappa shape index (κ2) is 7.58. The summed E-state index contributed by atoms with van der Waals surface area (Å²) in [6.07, 6.45) is 1.94. The monoisotopic (exact) mass is 336 g/mol. The maximum atomic E-state index is 12.3. The van der Waals surface area contributed by atoms with Crippen LogP contribution in [0.1, 0.15) is 38.6 Å². The zero-order chi connectivity index (χ0) is 17.0. The number of piperazine rings is 1. The minimum atomic E-state index is -0.445. The smallest absolute Gasteiger partial charge is 0.410 e. The normalized spacial score (nSPS) is 21.1. The number of hydrogen-bond donors (Lipinski definition) is 0. The number of carbonyl (C=O) groups is 1. The Hall–Kier alpha value is -1.20. The molecule has 0 N–H and O–H groups in total. The summed E-state index contributed by atoms with van der Waals surface area (Å²) >= 11 is 1.84. The molecule has 0 spiro atoms. The first-order valence-corrected chi connectivity index (χ1v) is 9.42. The fourth-order valence-corrected chi connectivity index (χ4v) is 3.82. The number of amides is 1. The van der Waals surface area contributed by atoms with Gasteiger partial charge in [-0.05, 0) is 39.5 Å². The van der Waals surface area contributed by atoms with Crippen LogP contribution in [-0.4, -0.2) is 53.4 Å². The van der Waals surface area contributed by atoms with Gasteiger partial charge in [0, 0.05) is 25.7 Å². The van der Waals surface area contributed by atoms with Crippen LogP contribution in [0.4, 0.5) is 4.79 Å². The maximum Gasteiger partial charge on any atom is 0.410 e. The number of benzene rings is 1. The molecule has 128 valence electrons. The van der Waals surface area contributed by atoms with Crippen LogP contribution in [0.2, 0.25) is 0 Å². The molecule has 1 aromatic carbocycles. The van der Waals surface area contributed by atoms with Crippen molar-refractivity contribution < 1.29 is 9.53 Å². The molecule has 0 unspecified atom stereocenters. The SMILES string of the molecule is CS[C@@H](c1ccccc1)N1CCN(C(=O)OC(C)(C)C)[C@H](C)C1. The number of hydrogen-bond acceptors (Lipinski definition) is 4. The van der Waals surface area contributed by atoms with E-state index in [1.54, 1.807) is 0 Å². The molecule has 0 saturated carbocycles. The highest BCUT2D eigenvalue weighted by Crippen LogP contribution is 2.32. The van der Waals surface area contributed by atoms with Gasteiger partial charge in [-0.1, -0.05) is 30.3 Å². The van der Waals surface area contributed by atoms with Crippen LogP contribution in [0, 0.1) is 0 Å². The second-order valence-corrected chi connectivity index (χ2v) is 7.93. The van der Waals surface area contributed by atoms with Gasteiger partial charge in [0.05, 0.1) is 5.37 Å². The maximum absolute atomic E-state index is 12.3. The van der Waals surface area contributed by atoms with Crippen LogP contribution in [-0.2, 0) is 4.74 Å². The molecule has 4 nitrogen and oxygen atoms in total. The zero-order valence-corrected chi connectivity index (χ0v) is 15.6. The summed E-state index contributed by atoms with van der Waals surface area (Å²) in [5, 5.41) is 0.333. The van der Waals surface area contributed by atoms with E-state index in [0.717, 1.165) is 13.1 Å². The molecule has 1 amide bonds. The molecule has 0 aliphatic carbocycles. The Morgan fingerprint density at radius 3 is 2.43 bits per heavy atom. The van der Waals surface area contributed by atoms with Crippen molar-refractivity contribution in [1.29, 1.82) is 0 Å². The topological polar surface area (TPSA) is 32.8 Å². The van der Waals surface area contributed by atoms with Crippen molar-refractivity contribution in [2.75, 3.05) is 25.9 Å². The van der Waals surface area contributed by atoms with Crippen molar-refractivity contribution >= 4 is 17.9 Å². The minimum Gasteiger partial charge on any atom is -0.444 e. The van der Waals surface area contributed by atoms with E-state index in [0.29, 0.717) is 11.9 Å². The molecule has 23 heavy (non-hydrogen) atoms.